The van der Waals surface area contributed by atoms with Gasteiger partial charge in [-0.15, -0.1) is 0 Å². The Kier molecular flexibility index (Phi) is 22.2. The summed E-state index contributed by atoms with van der Waals surface area (Å²) in [6.45, 7) is 6.14. The van der Waals surface area contributed by atoms with Gasteiger partial charge in [0.1, 0.15) is 0 Å². The highest BCUT2D eigenvalue weighted by Gasteiger charge is 2.34. The number of rotatable bonds is 25. The fraction of sp³-hybridized carbons (Fsp3) is 0.931. The van der Waals surface area contributed by atoms with Gasteiger partial charge in [-0.1, -0.05) is 129 Å². The van der Waals surface area contributed by atoms with Crippen molar-refractivity contribution in [3.05, 3.63) is 0 Å². The molecule has 0 aliphatic rings. The van der Waals surface area contributed by atoms with Crippen LogP contribution in [0.3, 0.4) is 0 Å². The minimum Gasteiger partial charge on any atom is -0.437 e. The molecule has 0 amide bonds. The highest BCUT2D eigenvalue weighted by atomic mass is 16.6. The van der Waals surface area contributed by atoms with Crippen molar-refractivity contribution in [2.45, 2.75) is 168 Å². The lowest BCUT2D eigenvalue weighted by atomic mass is 10.0. The number of Topliss-reactive ketones (excluding diaryl/α,β-unsaturated/α-hetero) is 1. The second kappa shape index (κ2) is 22.9. The molecule has 4 heteroatoms. The summed E-state index contributed by atoms with van der Waals surface area (Å²) in [6.07, 6.45) is 26.0. The lowest BCUT2D eigenvalue weighted by molar-refractivity contribution is -0.169. The maximum absolute atomic E-state index is 12.5. The lowest BCUT2D eigenvalue weighted by Crippen LogP contribution is -2.51. The van der Waals surface area contributed by atoms with Crippen LogP contribution in [0, 0.1) is 0 Å². The zero-order chi connectivity index (χ0) is 24.6. The van der Waals surface area contributed by atoms with E-state index in [0.29, 0.717) is 12.8 Å². The molecule has 0 aromatic heterocycles. The number of hydrogen-bond donors (Lipinski definition) is 1. The maximum Gasteiger partial charge on any atom is 0.307 e. The van der Waals surface area contributed by atoms with Gasteiger partial charge >= 0.3 is 5.97 Å². The number of likely N-dealkylation sites (N-methyl/N-ethyl adjacent to an activating group) is 1. The summed E-state index contributed by atoms with van der Waals surface area (Å²) >= 11 is 0. The second-order valence-electron chi connectivity index (χ2n) is 10.0. The first-order valence-electron chi connectivity index (χ1n) is 14.4. The van der Waals surface area contributed by atoms with Gasteiger partial charge in [-0.05, 0) is 26.8 Å². The smallest absolute Gasteiger partial charge is 0.307 e. The zero-order valence-electron chi connectivity index (χ0n) is 22.8. The molecule has 33 heavy (non-hydrogen) atoms. The molecule has 1 N–H and O–H groups in total. The Labute approximate surface area is 206 Å². The predicted octanol–water partition coefficient (Wildman–Crippen LogP) is 8.66. The van der Waals surface area contributed by atoms with Gasteiger partial charge in [0.2, 0.25) is 5.72 Å². The molecule has 1 atom stereocenters. The molecule has 0 aliphatic heterocycles. The fourth-order valence-electron chi connectivity index (χ4n) is 4.29. The Morgan fingerprint density at radius 2 is 0.909 bits per heavy atom. The van der Waals surface area contributed by atoms with Crippen LogP contribution in [0.25, 0.3) is 0 Å². The van der Waals surface area contributed by atoms with Crippen LogP contribution in [0.2, 0.25) is 0 Å². The summed E-state index contributed by atoms with van der Waals surface area (Å²) in [6, 6.07) is 0. The molecule has 1 unspecified atom stereocenters. The van der Waals surface area contributed by atoms with Crippen molar-refractivity contribution in [2.75, 3.05) is 7.05 Å². The Bertz CT molecular complexity index is 466. The van der Waals surface area contributed by atoms with Gasteiger partial charge in [0.15, 0.2) is 5.78 Å². The Hall–Kier alpha value is -0.900. The quantitative estimate of drug-likeness (QED) is 0.0829. The van der Waals surface area contributed by atoms with Crippen LogP contribution in [0.5, 0.6) is 0 Å². The standard InChI is InChI=1S/C29H57NO3/c1-5-7-9-11-12-13-14-15-16-17-18-19-20-22-24-26-28(32)33-29(3,30-4)27(31)25-23-21-10-8-6-2/h30H,5-26H2,1-4H3. The summed E-state index contributed by atoms with van der Waals surface area (Å²) in [5.74, 6) is -0.285. The van der Waals surface area contributed by atoms with Crippen molar-refractivity contribution in [3.8, 4) is 0 Å². The van der Waals surface area contributed by atoms with E-state index in [1.165, 1.54) is 103 Å². The minimum atomic E-state index is -1.18. The van der Waals surface area contributed by atoms with E-state index in [0.717, 1.165) is 25.7 Å². The lowest BCUT2D eigenvalue weighted by Gasteiger charge is -2.27. The van der Waals surface area contributed by atoms with Crippen molar-refractivity contribution >= 4 is 11.8 Å². The van der Waals surface area contributed by atoms with E-state index in [4.69, 9.17) is 4.74 Å². The van der Waals surface area contributed by atoms with Gasteiger partial charge in [0.25, 0.3) is 0 Å². The topological polar surface area (TPSA) is 55.4 Å². The van der Waals surface area contributed by atoms with Crippen LogP contribution >= 0.6 is 0 Å². The van der Waals surface area contributed by atoms with Crippen molar-refractivity contribution in [3.63, 3.8) is 0 Å². The molecule has 0 aromatic rings. The number of carbonyl (C=O) groups excluding carboxylic acids is 2. The first kappa shape index (κ1) is 32.1. The molecular formula is C29H57NO3. The average molecular weight is 468 g/mol. The molecule has 196 valence electrons. The molecule has 0 saturated carbocycles. The predicted molar refractivity (Wildman–Crippen MR) is 141 cm³/mol. The highest BCUT2D eigenvalue weighted by molar-refractivity contribution is 5.88. The molecule has 0 fully saturated rings. The van der Waals surface area contributed by atoms with Gasteiger partial charge in [0, 0.05) is 12.8 Å². The van der Waals surface area contributed by atoms with Crippen molar-refractivity contribution in [1.82, 2.24) is 5.32 Å². The van der Waals surface area contributed by atoms with Crippen molar-refractivity contribution in [2.24, 2.45) is 0 Å². The van der Waals surface area contributed by atoms with Crippen LogP contribution in [-0.4, -0.2) is 24.5 Å². The molecule has 0 aliphatic carbocycles. The van der Waals surface area contributed by atoms with Crippen LogP contribution in [0.4, 0.5) is 0 Å². The fourth-order valence-corrected chi connectivity index (χ4v) is 4.29. The van der Waals surface area contributed by atoms with E-state index in [2.05, 4.69) is 19.2 Å². The minimum absolute atomic E-state index is 0.0219. The third kappa shape index (κ3) is 19.1. The van der Waals surface area contributed by atoms with E-state index >= 15 is 0 Å². The number of ketones is 1. The summed E-state index contributed by atoms with van der Waals surface area (Å²) in [7, 11) is 1.69. The second-order valence-corrected chi connectivity index (χ2v) is 10.0. The molecule has 4 nitrogen and oxygen atoms in total. The monoisotopic (exact) mass is 467 g/mol. The number of esters is 1. The molecule has 0 saturated heterocycles. The number of unbranched alkanes of at least 4 members (excludes halogenated alkanes) is 18. The molecule has 0 spiro atoms. The third-order valence-corrected chi connectivity index (χ3v) is 6.82. The van der Waals surface area contributed by atoms with Crippen molar-refractivity contribution in [1.29, 1.82) is 0 Å². The molecule has 0 radical (unpaired) electrons. The molecule has 0 rings (SSSR count). The normalized spacial score (nSPS) is 13.1. The summed E-state index contributed by atoms with van der Waals surface area (Å²) in [4.78, 5) is 24.8. The van der Waals surface area contributed by atoms with E-state index < -0.39 is 5.72 Å². The molecule has 0 heterocycles. The molecule has 0 aromatic carbocycles. The zero-order valence-corrected chi connectivity index (χ0v) is 22.8. The van der Waals surface area contributed by atoms with Crippen molar-refractivity contribution < 1.29 is 14.3 Å². The van der Waals surface area contributed by atoms with Crippen LogP contribution in [0.15, 0.2) is 0 Å². The first-order chi connectivity index (χ1) is 16.0. The summed E-state index contributed by atoms with van der Waals surface area (Å²) in [5, 5.41) is 2.92. The van der Waals surface area contributed by atoms with E-state index in [1.807, 2.05) is 0 Å². The number of hydrogen-bond acceptors (Lipinski definition) is 4. The molecule has 0 bridgehead atoms. The summed E-state index contributed by atoms with van der Waals surface area (Å²) < 4.78 is 5.55. The number of ether oxygens (including phenoxy) is 1. The van der Waals surface area contributed by atoms with Gasteiger partial charge in [-0.2, -0.15) is 0 Å². The van der Waals surface area contributed by atoms with Gasteiger partial charge in [-0.25, -0.2) is 0 Å². The third-order valence-electron chi connectivity index (χ3n) is 6.82. The SMILES string of the molecule is CCCCCCCCCCCCCCCCCC(=O)OC(C)(NC)C(=O)CCCCCCC. The van der Waals surface area contributed by atoms with E-state index in [1.54, 1.807) is 14.0 Å². The number of nitrogens with one attached hydrogen (secondary N) is 1. The van der Waals surface area contributed by atoms with E-state index in [9.17, 15) is 9.59 Å². The first-order valence-corrected chi connectivity index (χ1v) is 14.4. The Balaban J connectivity index is 3.66. The van der Waals surface area contributed by atoms with Gasteiger partial charge in [-0.3, -0.25) is 14.9 Å². The maximum atomic E-state index is 12.5. The Morgan fingerprint density at radius 3 is 1.27 bits per heavy atom. The van der Waals surface area contributed by atoms with E-state index in [-0.39, 0.29) is 11.8 Å². The van der Waals surface area contributed by atoms with Crippen LogP contribution < -0.4 is 5.32 Å². The van der Waals surface area contributed by atoms with Gasteiger partial charge < -0.3 is 4.74 Å². The highest BCUT2D eigenvalue weighted by Crippen LogP contribution is 2.17. The average Bonchev–Trinajstić information content (AvgIpc) is 2.81. The van der Waals surface area contributed by atoms with Crippen LogP contribution in [-0.2, 0) is 14.3 Å². The largest absolute Gasteiger partial charge is 0.437 e. The number of carbonyl (C=O) groups is 2. The molecular weight excluding hydrogens is 410 g/mol. The summed E-state index contributed by atoms with van der Waals surface area (Å²) in [5.41, 5.74) is -1.18. The van der Waals surface area contributed by atoms with Crippen LogP contribution in [0.1, 0.15) is 162 Å². The van der Waals surface area contributed by atoms with Gasteiger partial charge in [0.05, 0.1) is 0 Å². The Morgan fingerprint density at radius 1 is 0.576 bits per heavy atom.